The fourth-order valence-electron chi connectivity index (χ4n) is 1.29. The third-order valence-corrected chi connectivity index (χ3v) is 3.25. The molecular weight excluding hydrogens is 265 g/mol. The standard InChI is InChI=1S/C9H11BrClN3/c10-7-3-6(11)4-13-8(7)14-9(5-12)1-2-9/h3-4H,1-2,5,12H2,(H,13,14). The Balaban J connectivity index is 2.17. The van der Waals surface area contributed by atoms with Gasteiger partial charge in [0.05, 0.1) is 15.0 Å². The van der Waals surface area contributed by atoms with Gasteiger partial charge in [0.2, 0.25) is 0 Å². The van der Waals surface area contributed by atoms with Crippen LogP contribution in [0.15, 0.2) is 16.7 Å². The Bertz CT molecular complexity index is 352. The van der Waals surface area contributed by atoms with Crippen LogP contribution in [-0.4, -0.2) is 17.1 Å². The van der Waals surface area contributed by atoms with E-state index in [1.165, 1.54) is 0 Å². The highest BCUT2D eigenvalue weighted by Crippen LogP contribution is 2.39. The van der Waals surface area contributed by atoms with Gasteiger partial charge in [0, 0.05) is 12.7 Å². The van der Waals surface area contributed by atoms with Crippen LogP contribution in [0.5, 0.6) is 0 Å². The number of aromatic nitrogens is 1. The molecule has 0 radical (unpaired) electrons. The maximum absolute atomic E-state index is 5.79. The van der Waals surface area contributed by atoms with E-state index in [9.17, 15) is 0 Å². The van der Waals surface area contributed by atoms with Gasteiger partial charge in [-0.2, -0.15) is 0 Å². The van der Waals surface area contributed by atoms with Gasteiger partial charge in [0.1, 0.15) is 5.82 Å². The van der Waals surface area contributed by atoms with Crippen LogP contribution >= 0.6 is 27.5 Å². The number of rotatable bonds is 3. The van der Waals surface area contributed by atoms with Crippen molar-refractivity contribution in [1.82, 2.24) is 4.98 Å². The predicted molar refractivity (Wildman–Crippen MR) is 61.6 cm³/mol. The molecule has 2 rings (SSSR count). The van der Waals surface area contributed by atoms with E-state index in [1.54, 1.807) is 6.20 Å². The molecule has 0 saturated heterocycles. The molecule has 0 amide bonds. The summed E-state index contributed by atoms with van der Waals surface area (Å²) in [6.07, 6.45) is 3.85. The molecule has 1 aromatic rings. The predicted octanol–water partition coefficient (Wildman–Crippen LogP) is 2.40. The number of hydrogen-bond donors (Lipinski definition) is 2. The first-order valence-corrected chi connectivity index (χ1v) is 5.62. The van der Waals surface area contributed by atoms with E-state index in [4.69, 9.17) is 17.3 Å². The minimum atomic E-state index is 0.0728. The lowest BCUT2D eigenvalue weighted by atomic mass is 10.3. The quantitative estimate of drug-likeness (QED) is 0.891. The first-order chi connectivity index (χ1) is 6.65. The van der Waals surface area contributed by atoms with Gasteiger partial charge >= 0.3 is 0 Å². The third kappa shape index (κ3) is 2.02. The van der Waals surface area contributed by atoms with Crippen molar-refractivity contribution < 1.29 is 0 Å². The number of nitrogens with one attached hydrogen (secondary N) is 1. The molecule has 1 aliphatic rings. The van der Waals surface area contributed by atoms with Crippen molar-refractivity contribution >= 4 is 33.3 Å². The normalized spacial score (nSPS) is 17.9. The van der Waals surface area contributed by atoms with Crippen molar-refractivity contribution in [1.29, 1.82) is 0 Å². The van der Waals surface area contributed by atoms with Crippen LogP contribution in [0, 0.1) is 0 Å². The molecule has 0 atom stereocenters. The van der Waals surface area contributed by atoms with Gasteiger partial charge in [-0.15, -0.1) is 0 Å². The summed E-state index contributed by atoms with van der Waals surface area (Å²) in [5.74, 6) is 0.817. The van der Waals surface area contributed by atoms with Gasteiger partial charge < -0.3 is 11.1 Å². The fourth-order valence-corrected chi connectivity index (χ4v) is 2.03. The number of hydrogen-bond acceptors (Lipinski definition) is 3. The van der Waals surface area contributed by atoms with Crippen LogP contribution in [0.2, 0.25) is 5.02 Å². The van der Waals surface area contributed by atoms with Crippen molar-refractivity contribution in [3.63, 3.8) is 0 Å². The topological polar surface area (TPSA) is 50.9 Å². The summed E-state index contributed by atoms with van der Waals surface area (Å²) >= 11 is 9.20. The molecule has 1 heterocycles. The first kappa shape index (κ1) is 10.2. The highest BCUT2D eigenvalue weighted by Gasteiger charge is 2.41. The number of pyridine rings is 1. The zero-order valence-corrected chi connectivity index (χ0v) is 9.90. The van der Waals surface area contributed by atoms with Gasteiger partial charge in [-0.3, -0.25) is 0 Å². The maximum Gasteiger partial charge on any atom is 0.140 e. The van der Waals surface area contributed by atoms with Crippen molar-refractivity contribution in [3.05, 3.63) is 21.8 Å². The highest BCUT2D eigenvalue weighted by atomic mass is 79.9. The number of anilines is 1. The molecular formula is C9H11BrClN3. The molecule has 1 aromatic heterocycles. The smallest absolute Gasteiger partial charge is 0.140 e. The second-order valence-electron chi connectivity index (χ2n) is 3.59. The minimum Gasteiger partial charge on any atom is -0.362 e. The van der Waals surface area contributed by atoms with Crippen LogP contribution in [-0.2, 0) is 0 Å². The lowest BCUT2D eigenvalue weighted by molar-refractivity contribution is 0.736. The molecule has 1 aliphatic carbocycles. The van der Waals surface area contributed by atoms with Crippen molar-refractivity contribution in [2.45, 2.75) is 18.4 Å². The van der Waals surface area contributed by atoms with E-state index < -0.39 is 0 Å². The second-order valence-corrected chi connectivity index (χ2v) is 4.88. The molecule has 76 valence electrons. The average molecular weight is 277 g/mol. The summed E-state index contributed by atoms with van der Waals surface area (Å²) in [4.78, 5) is 4.21. The lowest BCUT2D eigenvalue weighted by Gasteiger charge is -2.16. The Labute approximate surface area is 96.2 Å². The summed E-state index contributed by atoms with van der Waals surface area (Å²) in [5.41, 5.74) is 5.74. The summed E-state index contributed by atoms with van der Waals surface area (Å²) in [6, 6.07) is 1.82. The summed E-state index contributed by atoms with van der Waals surface area (Å²) < 4.78 is 0.879. The monoisotopic (exact) mass is 275 g/mol. The third-order valence-electron chi connectivity index (χ3n) is 2.44. The average Bonchev–Trinajstić information content (AvgIpc) is 2.91. The minimum absolute atomic E-state index is 0.0728. The van der Waals surface area contributed by atoms with Gasteiger partial charge in [-0.25, -0.2) is 4.98 Å². The molecule has 5 heteroatoms. The Kier molecular flexibility index (Phi) is 2.68. The zero-order chi connectivity index (χ0) is 10.2. The Morgan fingerprint density at radius 1 is 1.64 bits per heavy atom. The Morgan fingerprint density at radius 3 is 2.86 bits per heavy atom. The van der Waals surface area contributed by atoms with E-state index in [0.29, 0.717) is 11.6 Å². The molecule has 0 aromatic carbocycles. The second kappa shape index (κ2) is 3.68. The Morgan fingerprint density at radius 2 is 2.36 bits per heavy atom. The van der Waals surface area contributed by atoms with Crippen molar-refractivity contribution in [2.75, 3.05) is 11.9 Å². The summed E-state index contributed by atoms with van der Waals surface area (Å²) in [7, 11) is 0. The van der Waals surface area contributed by atoms with E-state index >= 15 is 0 Å². The number of nitrogens with zero attached hydrogens (tertiary/aromatic N) is 1. The van der Waals surface area contributed by atoms with Crippen LogP contribution in [0.3, 0.4) is 0 Å². The molecule has 1 saturated carbocycles. The van der Waals surface area contributed by atoms with Crippen LogP contribution in [0.1, 0.15) is 12.8 Å². The molecule has 1 fully saturated rings. The number of nitrogens with two attached hydrogens (primary N) is 1. The lowest BCUT2D eigenvalue weighted by Crippen LogP contribution is -2.31. The zero-order valence-electron chi connectivity index (χ0n) is 7.56. The molecule has 3 nitrogen and oxygen atoms in total. The van der Waals surface area contributed by atoms with Gasteiger partial charge in [0.15, 0.2) is 0 Å². The van der Waals surface area contributed by atoms with Gasteiger partial charge in [0.25, 0.3) is 0 Å². The molecule has 0 bridgehead atoms. The molecule has 14 heavy (non-hydrogen) atoms. The van der Waals surface area contributed by atoms with E-state index in [0.717, 1.165) is 23.1 Å². The highest BCUT2D eigenvalue weighted by molar-refractivity contribution is 9.10. The molecule has 0 unspecified atom stereocenters. The van der Waals surface area contributed by atoms with Crippen LogP contribution < -0.4 is 11.1 Å². The molecule has 0 spiro atoms. The van der Waals surface area contributed by atoms with Crippen LogP contribution in [0.4, 0.5) is 5.82 Å². The van der Waals surface area contributed by atoms with Crippen molar-refractivity contribution in [3.8, 4) is 0 Å². The maximum atomic E-state index is 5.79. The van der Waals surface area contributed by atoms with E-state index in [-0.39, 0.29) is 5.54 Å². The van der Waals surface area contributed by atoms with E-state index in [2.05, 4.69) is 26.2 Å². The Hall–Kier alpha value is -0.320. The molecule has 3 N–H and O–H groups in total. The van der Waals surface area contributed by atoms with Crippen LogP contribution in [0.25, 0.3) is 0 Å². The first-order valence-electron chi connectivity index (χ1n) is 4.44. The van der Waals surface area contributed by atoms with Gasteiger partial charge in [-0.1, -0.05) is 11.6 Å². The summed E-state index contributed by atoms with van der Waals surface area (Å²) in [6.45, 7) is 0.643. The fraction of sp³-hybridized carbons (Fsp3) is 0.444. The van der Waals surface area contributed by atoms with Crippen molar-refractivity contribution in [2.24, 2.45) is 5.73 Å². The van der Waals surface area contributed by atoms with E-state index in [1.807, 2.05) is 6.07 Å². The SMILES string of the molecule is NCC1(Nc2ncc(Cl)cc2Br)CC1. The largest absolute Gasteiger partial charge is 0.362 e. The molecule has 0 aliphatic heterocycles. The number of halogens is 2. The van der Waals surface area contributed by atoms with Gasteiger partial charge in [-0.05, 0) is 34.8 Å². The summed E-state index contributed by atoms with van der Waals surface area (Å²) in [5, 5.41) is 3.96.